The first-order valence-corrected chi connectivity index (χ1v) is 10.0. The molecular formula is C21H18ClFN3OS+. The van der Waals surface area contributed by atoms with Gasteiger partial charge in [-0.15, -0.1) is 11.3 Å². The first kappa shape index (κ1) is 18.8. The van der Waals surface area contributed by atoms with Gasteiger partial charge in [0.2, 0.25) is 0 Å². The highest BCUT2D eigenvalue weighted by molar-refractivity contribution is 7.22. The number of quaternary nitrogens is 1. The number of aromatic nitrogens is 2. The number of halogens is 2. The molecule has 0 saturated heterocycles. The highest BCUT2D eigenvalue weighted by Crippen LogP contribution is 2.31. The molecule has 0 aliphatic rings. The number of H-pyrrole nitrogens is 1. The van der Waals surface area contributed by atoms with Crippen molar-refractivity contribution in [2.24, 2.45) is 0 Å². The van der Waals surface area contributed by atoms with E-state index in [-0.39, 0.29) is 11.4 Å². The molecule has 28 heavy (non-hydrogen) atoms. The van der Waals surface area contributed by atoms with Crippen molar-refractivity contribution in [3.05, 3.63) is 87.2 Å². The zero-order valence-corrected chi connectivity index (χ0v) is 16.7. The first-order valence-electron chi connectivity index (χ1n) is 8.82. The summed E-state index contributed by atoms with van der Waals surface area (Å²) in [6.07, 6.45) is 0. The van der Waals surface area contributed by atoms with Crippen molar-refractivity contribution < 1.29 is 9.29 Å². The van der Waals surface area contributed by atoms with Crippen LogP contribution in [0.5, 0.6) is 0 Å². The Kier molecular flexibility index (Phi) is 5.26. The molecule has 2 N–H and O–H groups in total. The highest BCUT2D eigenvalue weighted by atomic mass is 35.5. The summed E-state index contributed by atoms with van der Waals surface area (Å²) in [6, 6.07) is 16.0. The molecule has 2 aromatic carbocycles. The average molecular weight is 415 g/mol. The van der Waals surface area contributed by atoms with Crippen molar-refractivity contribution in [3.63, 3.8) is 0 Å². The fourth-order valence-corrected chi connectivity index (χ4v) is 4.30. The van der Waals surface area contributed by atoms with E-state index >= 15 is 0 Å². The van der Waals surface area contributed by atoms with Crippen LogP contribution in [0.2, 0.25) is 5.02 Å². The van der Waals surface area contributed by atoms with E-state index < -0.39 is 0 Å². The van der Waals surface area contributed by atoms with E-state index in [1.54, 1.807) is 6.07 Å². The van der Waals surface area contributed by atoms with Crippen LogP contribution in [0.25, 0.3) is 20.7 Å². The zero-order valence-electron chi connectivity index (χ0n) is 15.1. The molecule has 0 spiro atoms. The number of fused-ring (bicyclic) bond motifs is 1. The van der Waals surface area contributed by atoms with E-state index in [1.807, 2.05) is 43.4 Å². The number of hydrogen-bond donors (Lipinski definition) is 2. The number of hydrogen-bond acceptors (Lipinski definition) is 3. The van der Waals surface area contributed by atoms with Crippen molar-refractivity contribution in [2.75, 3.05) is 7.05 Å². The van der Waals surface area contributed by atoms with Crippen molar-refractivity contribution in [1.82, 2.24) is 9.97 Å². The minimum Gasteiger partial charge on any atom is -0.327 e. The second-order valence-electron chi connectivity index (χ2n) is 6.79. The van der Waals surface area contributed by atoms with Crippen LogP contribution in [0.15, 0.2) is 59.4 Å². The average Bonchev–Trinajstić information content (AvgIpc) is 3.07. The van der Waals surface area contributed by atoms with Gasteiger partial charge in [-0.05, 0) is 35.9 Å². The van der Waals surface area contributed by atoms with Crippen LogP contribution in [0.1, 0.15) is 11.4 Å². The minimum absolute atomic E-state index is 0.135. The Morgan fingerprint density at radius 2 is 1.93 bits per heavy atom. The molecule has 0 saturated carbocycles. The number of nitrogens with one attached hydrogen (secondary N) is 2. The van der Waals surface area contributed by atoms with E-state index in [9.17, 15) is 9.18 Å². The van der Waals surface area contributed by atoms with Crippen molar-refractivity contribution in [1.29, 1.82) is 0 Å². The van der Waals surface area contributed by atoms with Crippen molar-refractivity contribution >= 4 is 33.2 Å². The molecule has 142 valence electrons. The van der Waals surface area contributed by atoms with Gasteiger partial charge in [0, 0.05) is 15.5 Å². The summed E-state index contributed by atoms with van der Waals surface area (Å²) < 4.78 is 14.0. The number of aromatic amines is 1. The van der Waals surface area contributed by atoms with Crippen LogP contribution in [-0.2, 0) is 13.1 Å². The van der Waals surface area contributed by atoms with Gasteiger partial charge in [0.05, 0.1) is 12.6 Å². The summed E-state index contributed by atoms with van der Waals surface area (Å²) in [4.78, 5) is 22.1. The summed E-state index contributed by atoms with van der Waals surface area (Å²) in [5, 5.41) is 0.674. The number of thiophene rings is 1. The Bertz CT molecular complexity index is 1190. The second kappa shape index (κ2) is 7.83. The van der Waals surface area contributed by atoms with E-state index in [1.165, 1.54) is 23.5 Å². The quantitative estimate of drug-likeness (QED) is 0.523. The molecule has 1 unspecified atom stereocenters. The predicted molar refractivity (Wildman–Crippen MR) is 111 cm³/mol. The Morgan fingerprint density at radius 3 is 2.68 bits per heavy atom. The van der Waals surface area contributed by atoms with E-state index in [4.69, 9.17) is 11.6 Å². The molecule has 4 nitrogen and oxygen atoms in total. The molecule has 0 amide bonds. The molecule has 4 aromatic rings. The van der Waals surface area contributed by atoms with Gasteiger partial charge in [-0.25, -0.2) is 9.37 Å². The van der Waals surface area contributed by atoms with E-state index in [2.05, 4.69) is 9.97 Å². The summed E-state index contributed by atoms with van der Waals surface area (Å²) in [5.41, 5.74) is 2.46. The van der Waals surface area contributed by atoms with Gasteiger partial charge in [0.25, 0.3) is 5.56 Å². The van der Waals surface area contributed by atoms with Gasteiger partial charge in [0.15, 0.2) is 5.82 Å². The molecule has 0 fully saturated rings. The monoisotopic (exact) mass is 414 g/mol. The molecule has 0 aliphatic heterocycles. The topological polar surface area (TPSA) is 50.2 Å². The molecule has 7 heteroatoms. The number of nitrogens with zero attached hydrogens (tertiary/aromatic N) is 1. The summed E-state index contributed by atoms with van der Waals surface area (Å²) in [6.45, 7) is 1.17. The smallest absolute Gasteiger partial charge is 0.269 e. The minimum atomic E-state index is -0.244. The van der Waals surface area contributed by atoms with Crippen LogP contribution in [0.3, 0.4) is 0 Å². The molecule has 4 rings (SSSR count). The summed E-state index contributed by atoms with van der Waals surface area (Å²) in [7, 11) is 1.99. The molecule has 1 atom stereocenters. The molecule has 0 aliphatic carbocycles. The zero-order chi connectivity index (χ0) is 19.7. The molecular weight excluding hydrogens is 397 g/mol. The maximum absolute atomic E-state index is 13.4. The van der Waals surface area contributed by atoms with E-state index in [0.717, 1.165) is 20.9 Å². The van der Waals surface area contributed by atoms with Gasteiger partial charge in [-0.3, -0.25) is 4.79 Å². The predicted octanol–water partition coefficient (Wildman–Crippen LogP) is 3.66. The summed E-state index contributed by atoms with van der Waals surface area (Å²) in [5.74, 6) is 0.373. The lowest BCUT2D eigenvalue weighted by molar-refractivity contribution is -0.908. The van der Waals surface area contributed by atoms with E-state index in [0.29, 0.717) is 34.2 Å². The van der Waals surface area contributed by atoms with Crippen LogP contribution in [-0.4, -0.2) is 17.0 Å². The largest absolute Gasteiger partial charge is 0.327 e. The lowest BCUT2D eigenvalue weighted by Gasteiger charge is -2.13. The van der Waals surface area contributed by atoms with Gasteiger partial charge in [-0.1, -0.05) is 35.9 Å². The van der Waals surface area contributed by atoms with Crippen LogP contribution >= 0.6 is 22.9 Å². The number of benzene rings is 2. The van der Waals surface area contributed by atoms with Crippen LogP contribution < -0.4 is 10.5 Å². The third-order valence-corrected chi connectivity index (χ3v) is 5.85. The highest BCUT2D eigenvalue weighted by Gasteiger charge is 2.13. The van der Waals surface area contributed by atoms with Crippen molar-refractivity contribution in [2.45, 2.75) is 13.1 Å². The van der Waals surface area contributed by atoms with Gasteiger partial charge in [-0.2, -0.15) is 0 Å². The lowest BCUT2D eigenvalue weighted by atomic mass is 10.2. The lowest BCUT2D eigenvalue weighted by Crippen LogP contribution is -3.06. The maximum atomic E-state index is 13.4. The van der Waals surface area contributed by atoms with Crippen molar-refractivity contribution in [3.8, 4) is 10.4 Å². The molecule has 0 bridgehead atoms. The molecule has 0 radical (unpaired) electrons. The Labute approximate surface area is 170 Å². The third-order valence-electron chi connectivity index (χ3n) is 4.42. The van der Waals surface area contributed by atoms with Gasteiger partial charge >= 0.3 is 0 Å². The van der Waals surface area contributed by atoms with Crippen LogP contribution in [0.4, 0.5) is 4.39 Å². The van der Waals surface area contributed by atoms with Gasteiger partial charge in [0.1, 0.15) is 23.6 Å². The molecule has 2 aromatic heterocycles. The van der Waals surface area contributed by atoms with Gasteiger partial charge < -0.3 is 9.88 Å². The maximum Gasteiger partial charge on any atom is 0.269 e. The Hall–Kier alpha value is -2.54. The SMILES string of the molecule is C[NH+](Cc1cccc(F)c1)Cc1nc2cc(-c3ccc(Cl)cc3)sc2c(=O)[nH]1. The molecule has 2 heterocycles. The fourth-order valence-electron chi connectivity index (χ4n) is 3.17. The summed E-state index contributed by atoms with van der Waals surface area (Å²) >= 11 is 7.37. The number of rotatable bonds is 5. The fraction of sp³-hybridized carbons (Fsp3) is 0.143. The standard InChI is InChI=1S/C21H17ClFN3OS/c1-26(11-13-3-2-4-16(23)9-13)12-19-24-17-10-18(28-20(17)21(27)25-19)14-5-7-15(22)8-6-14/h2-10H,11-12H2,1H3,(H,24,25,27)/p+1. The Morgan fingerprint density at radius 1 is 1.14 bits per heavy atom. The third kappa shape index (κ3) is 4.14. The first-order chi connectivity index (χ1) is 13.5. The van der Waals surface area contributed by atoms with Crippen LogP contribution in [0, 0.1) is 5.82 Å². The Balaban J connectivity index is 1.58. The second-order valence-corrected chi connectivity index (χ2v) is 8.27. The normalized spacial score (nSPS) is 12.4.